The van der Waals surface area contributed by atoms with Crippen LogP contribution in [-0.4, -0.2) is 8.80 Å². The Bertz CT molecular complexity index is 4030. The van der Waals surface area contributed by atoms with Gasteiger partial charge < -0.3 is 22.5 Å². The zero-order valence-electron chi connectivity index (χ0n) is 31.6. The lowest BCUT2D eigenvalue weighted by Crippen LogP contribution is -2.11. The van der Waals surface area contributed by atoms with Crippen LogP contribution in [0.1, 0.15) is 0 Å². The van der Waals surface area contributed by atoms with Crippen LogP contribution in [0, 0.1) is 0 Å². The van der Waals surface area contributed by atoms with E-state index in [0.717, 1.165) is 83.1 Å². The van der Waals surface area contributed by atoms with Gasteiger partial charge in [-0.2, -0.15) is 0 Å². The molecule has 0 saturated heterocycles. The van der Waals surface area contributed by atoms with E-state index < -0.39 is 0 Å². The molecule has 0 radical (unpaired) electrons. The van der Waals surface area contributed by atoms with Crippen molar-refractivity contribution in [1.29, 1.82) is 0 Å². The molecule has 5 aromatic heterocycles. The highest BCUT2D eigenvalue weighted by Gasteiger charge is 2.24. The van der Waals surface area contributed by atoms with Crippen molar-refractivity contribution in [3.05, 3.63) is 188 Å². The molecule has 5 heterocycles. The number of aromatic nitrogens is 2. The Morgan fingerprint density at radius 3 is 1.61 bits per heavy atom. The Hall–Kier alpha value is -8.02. The molecule has 0 spiro atoms. The van der Waals surface area contributed by atoms with Gasteiger partial charge in [0.05, 0.1) is 44.2 Å². The average Bonchev–Trinajstić information content (AvgIpc) is 4.05. The minimum Gasteiger partial charge on any atom is -0.456 e. The Balaban J connectivity index is 1.04. The third-order valence-electron chi connectivity index (χ3n) is 12.6. The van der Waals surface area contributed by atoms with Crippen LogP contribution in [0.2, 0.25) is 0 Å². The number of anilines is 3. The van der Waals surface area contributed by atoms with Gasteiger partial charge in [-0.1, -0.05) is 109 Å². The van der Waals surface area contributed by atoms with Crippen molar-refractivity contribution in [2.75, 3.05) is 4.90 Å². The number of rotatable bonds is 4. The second-order valence-corrected chi connectivity index (χ2v) is 15.7. The highest BCUT2D eigenvalue weighted by molar-refractivity contribution is 6.25. The first-order chi connectivity index (χ1) is 29.3. The van der Waals surface area contributed by atoms with Crippen LogP contribution in [0.15, 0.2) is 197 Å². The number of benzene rings is 9. The van der Waals surface area contributed by atoms with E-state index in [2.05, 4.69) is 184 Å². The first kappa shape index (κ1) is 31.1. The molecule has 59 heavy (non-hydrogen) atoms. The fourth-order valence-electron chi connectivity index (χ4n) is 10.1. The number of hydrogen-bond donors (Lipinski definition) is 0. The van der Waals surface area contributed by atoms with E-state index in [1.807, 2.05) is 18.2 Å². The lowest BCUT2D eigenvalue weighted by molar-refractivity contribution is 0.668. The Morgan fingerprint density at radius 1 is 0.322 bits per heavy atom. The highest BCUT2D eigenvalue weighted by Crippen LogP contribution is 2.46. The summed E-state index contributed by atoms with van der Waals surface area (Å²) in [5, 5.41) is 9.48. The Kier molecular flexibility index (Phi) is 5.96. The largest absolute Gasteiger partial charge is 0.456 e. The maximum absolute atomic E-state index is 6.48. The molecule has 0 aliphatic rings. The molecule has 0 aliphatic heterocycles. The second-order valence-electron chi connectivity index (χ2n) is 15.7. The van der Waals surface area contributed by atoms with Crippen LogP contribution >= 0.6 is 0 Å². The third-order valence-corrected chi connectivity index (χ3v) is 12.6. The first-order valence-corrected chi connectivity index (χ1v) is 20.1. The van der Waals surface area contributed by atoms with Crippen molar-refractivity contribution < 1.29 is 8.83 Å². The van der Waals surface area contributed by atoms with Gasteiger partial charge in [0.1, 0.15) is 22.3 Å². The van der Waals surface area contributed by atoms with Crippen LogP contribution in [-0.2, 0) is 0 Å². The summed E-state index contributed by atoms with van der Waals surface area (Å²) in [5.41, 5.74) is 16.1. The van der Waals surface area contributed by atoms with E-state index in [0.29, 0.717) is 0 Å². The summed E-state index contributed by atoms with van der Waals surface area (Å²) in [6, 6.07) is 67.6. The summed E-state index contributed by atoms with van der Waals surface area (Å²) in [6.07, 6.45) is 0. The fourth-order valence-corrected chi connectivity index (χ4v) is 10.1. The minimum atomic E-state index is 0.857. The molecule has 0 amide bonds. The number of para-hydroxylation sites is 4. The van der Waals surface area contributed by atoms with Crippen molar-refractivity contribution in [3.8, 4) is 11.1 Å². The summed E-state index contributed by atoms with van der Waals surface area (Å²) in [5.74, 6) is 0. The van der Waals surface area contributed by atoms with E-state index in [9.17, 15) is 0 Å². The molecule has 0 atom stereocenters. The molecule has 0 N–H and O–H groups in total. The lowest BCUT2D eigenvalue weighted by atomic mass is 10.0. The van der Waals surface area contributed by atoms with E-state index >= 15 is 0 Å². The van der Waals surface area contributed by atoms with Gasteiger partial charge in [-0.25, -0.2) is 0 Å². The number of hydrogen-bond acceptors (Lipinski definition) is 3. The molecule has 5 nitrogen and oxygen atoms in total. The molecule has 0 aliphatic carbocycles. The molecule has 14 aromatic rings. The Morgan fingerprint density at radius 2 is 0.864 bits per heavy atom. The molecular formula is C54H31N3O2. The predicted octanol–water partition coefficient (Wildman–Crippen LogP) is 15.2. The van der Waals surface area contributed by atoms with Crippen LogP contribution in [0.4, 0.5) is 17.1 Å². The molecular weight excluding hydrogens is 723 g/mol. The van der Waals surface area contributed by atoms with Gasteiger partial charge in [-0.3, -0.25) is 0 Å². The Labute approximate surface area is 336 Å². The lowest BCUT2D eigenvalue weighted by Gasteiger charge is -2.27. The van der Waals surface area contributed by atoms with Gasteiger partial charge in [-0.05, 0) is 90.0 Å². The van der Waals surface area contributed by atoms with Gasteiger partial charge in [0.2, 0.25) is 0 Å². The van der Waals surface area contributed by atoms with Crippen molar-refractivity contribution in [3.63, 3.8) is 0 Å². The second kappa shape index (κ2) is 11.3. The maximum Gasteiger partial charge on any atom is 0.137 e. The average molecular weight is 754 g/mol. The first-order valence-electron chi connectivity index (χ1n) is 20.1. The minimum absolute atomic E-state index is 0.857. The van der Waals surface area contributed by atoms with Gasteiger partial charge in [0.15, 0.2) is 0 Å². The van der Waals surface area contributed by atoms with Crippen molar-refractivity contribution in [2.45, 2.75) is 0 Å². The number of nitrogens with zero attached hydrogens (tertiary/aromatic N) is 3. The van der Waals surface area contributed by atoms with Crippen LogP contribution < -0.4 is 4.90 Å². The quantitative estimate of drug-likeness (QED) is 0.168. The van der Waals surface area contributed by atoms with Crippen LogP contribution in [0.3, 0.4) is 0 Å². The smallest absolute Gasteiger partial charge is 0.137 e. The topological polar surface area (TPSA) is 38.3 Å². The molecule has 0 fully saturated rings. The standard InChI is InChI=1S/C54H31N3O2/c1-5-14-43-36(10-1)40-27-28-41-37-11-2-6-15-44(37)57-47-31-35(25-29-45(47)56(43)53(40)54(41)57)55(46-16-9-19-50-52(46)42-13-4-8-18-49(42)58-50)34-23-20-32(21-24-34)33-22-26-39-38-12-3-7-17-48(38)59-51(39)30-33/h1-31H. The zero-order chi connectivity index (χ0) is 38.3. The maximum atomic E-state index is 6.48. The fraction of sp³-hybridized carbons (Fsp3) is 0. The number of furan rings is 2. The summed E-state index contributed by atoms with van der Waals surface area (Å²) in [7, 11) is 0. The molecule has 0 bridgehead atoms. The molecule has 0 unspecified atom stereocenters. The monoisotopic (exact) mass is 753 g/mol. The molecule has 274 valence electrons. The summed E-state index contributed by atoms with van der Waals surface area (Å²) in [6.45, 7) is 0. The zero-order valence-corrected chi connectivity index (χ0v) is 31.6. The summed E-state index contributed by atoms with van der Waals surface area (Å²) in [4.78, 5) is 2.39. The molecule has 9 aromatic carbocycles. The van der Waals surface area contributed by atoms with E-state index in [-0.39, 0.29) is 0 Å². The van der Waals surface area contributed by atoms with Gasteiger partial charge in [0, 0.05) is 49.1 Å². The van der Waals surface area contributed by atoms with E-state index in [1.54, 1.807) is 0 Å². The van der Waals surface area contributed by atoms with Gasteiger partial charge >= 0.3 is 0 Å². The van der Waals surface area contributed by atoms with Crippen LogP contribution in [0.5, 0.6) is 0 Å². The third kappa shape index (κ3) is 4.13. The molecule has 14 rings (SSSR count). The number of fused-ring (bicyclic) bond motifs is 15. The van der Waals surface area contributed by atoms with Gasteiger partial charge in [0.25, 0.3) is 0 Å². The van der Waals surface area contributed by atoms with Gasteiger partial charge in [-0.15, -0.1) is 0 Å². The van der Waals surface area contributed by atoms with E-state index in [1.165, 1.54) is 43.6 Å². The van der Waals surface area contributed by atoms with Crippen molar-refractivity contribution >= 4 is 116 Å². The van der Waals surface area contributed by atoms with Crippen LogP contribution in [0.25, 0.3) is 110 Å². The SMILES string of the molecule is c1ccc2c(c1)oc1cc(-c3ccc(N(c4ccc5c(c4)n4c6ccccc6c6ccc7c8ccccc8n5c7c64)c4cccc5oc6ccccc6c45)cc3)ccc12. The predicted molar refractivity (Wildman–Crippen MR) is 244 cm³/mol. The molecule has 5 heteroatoms. The van der Waals surface area contributed by atoms with E-state index in [4.69, 9.17) is 8.83 Å². The summed E-state index contributed by atoms with van der Waals surface area (Å²) >= 11 is 0. The highest BCUT2D eigenvalue weighted by atomic mass is 16.3. The normalized spacial score (nSPS) is 12.4. The van der Waals surface area contributed by atoms with Crippen molar-refractivity contribution in [1.82, 2.24) is 8.80 Å². The molecule has 0 saturated carbocycles. The summed E-state index contributed by atoms with van der Waals surface area (Å²) < 4.78 is 17.7. The van der Waals surface area contributed by atoms with Crippen molar-refractivity contribution in [2.24, 2.45) is 0 Å².